The largest absolute Gasteiger partial charge is 0.462 e. The van der Waals surface area contributed by atoms with Gasteiger partial charge in [0, 0.05) is 19.3 Å². The van der Waals surface area contributed by atoms with Crippen molar-refractivity contribution in [2.75, 3.05) is 13.2 Å². The van der Waals surface area contributed by atoms with Crippen LogP contribution in [0.4, 0.5) is 0 Å². The monoisotopic (exact) mass is 1080 g/mol. The van der Waals surface area contributed by atoms with Crippen molar-refractivity contribution in [3.05, 3.63) is 122 Å². The van der Waals surface area contributed by atoms with Crippen LogP contribution in [-0.2, 0) is 28.6 Å². The lowest BCUT2D eigenvalue weighted by Crippen LogP contribution is -2.30. The van der Waals surface area contributed by atoms with Crippen molar-refractivity contribution in [2.45, 2.75) is 303 Å². The first kappa shape index (κ1) is 73.8. The lowest BCUT2D eigenvalue weighted by atomic mass is 10.0. The van der Waals surface area contributed by atoms with Gasteiger partial charge in [0.05, 0.1) is 0 Å². The van der Waals surface area contributed by atoms with E-state index in [1.54, 1.807) is 0 Å². The molecular weight excluding hydrogens is 961 g/mol. The van der Waals surface area contributed by atoms with Crippen molar-refractivity contribution in [3.63, 3.8) is 0 Å². The third-order valence-electron chi connectivity index (χ3n) is 13.7. The summed E-state index contributed by atoms with van der Waals surface area (Å²) in [7, 11) is 0. The fourth-order valence-electron chi connectivity index (χ4n) is 8.93. The molecule has 6 heteroatoms. The Bertz CT molecular complexity index is 1620. The molecule has 0 aliphatic heterocycles. The number of hydrogen-bond donors (Lipinski definition) is 0. The van der Waals surface area contributed by atoms with Gasteiger partial charge in [-0.1, -0.05) is 303 Å². The van der Waals surface area contributed by atoms with Gasteiger partial charge in [0.1, 0.15) is 13.2 Å². The molecule has 0 spiro atoms. The predicted molar refractivity (Wildman–Crippen MR) is 339 cm³/mol. The van der Waals surface area contributed by atoms with Gasteiger partial charge < -0.3 is 14.2 Å². The summed E-state index contributed by atoms with van der Waals surface area (Å²) in [6.07, 6.45) is 90.8. The summed E-state index contributed by atoms with van der Waals surface area (Å²) in [5.41, 5.74) is 0. The molecule has 1 atom stereocenters. The van der Waals surface area contributed by atoms with Gasteiger partial charge in [-0.2, -0.15) is 0 Å². The van der Waals surface area contributed by atoms with E-state index in [1.165, 1.54) is 135 Å². The highest BCUT2D eigenvalue weighted by Crippen LogP contribution is 2.17. The standard InChI is InChI=1S/C72H120O6/c1-4-7-10-13-16-19-22-25-28-31-34-35-36-39-41-44-47-50-53-56-59-62-65-71(74)77-68-69(78-72(75)66-63-60-57-54-51-48-45-42-38-33-30-27-24-21-18-15-12-9-6-3)67-76-70(73)64-61-58-55-52-49-46-43-40-37-32-29-26-23-20-17-14-11-8-5-2/h8-9,11-12,17-18,20-21,26-27,29-30,37-38,40,42,48,51,57,60,69H,4-7,10,13-16,19,22-25,28,31-36,39,41,43-47,49-50,52-56,58-59,61-68H2,1-3H3/b11-8-,12-9-,20-17-,21-18-,29-26-,30-27-,40-37-,42-38-,51-48-,60-57-. The van der Waals surface area contributed by atoms with Gasteiger partial charge in [0.2, 0.25) is 0 Å². The number of hydrogen-bond acceptors (Lipinski definition) is 6. The summed E-state index contributed by atoms with van der Waals surface area (Å²) in [5.74, 6) is -1.00. The summed E-state index contributed by atoms with van der Waals surface area (Å²) in [6, 6.07) is 0. The Labute approximate surface area is 482 Å². The number of carbonyl (C=O) groups is 3. The van der Waals surface area contributed by atoms with Crippen molar-refractivity contribution < 1.29 is 28.6 Å². The van der Waals surface area contributed by atoms with E-state index in [1.807, 2.05) is 6.08 Å². The molecule has 0 saturated heterocycles. The maximum atomic E-state index is 12.9. The number of rotatable bonds is 58. The molecule has 78 heavy (non-hydrogen) atoms. The third-order valence-corrected chi connectivity index (χ3v) is 13.7. The minimum absolute atomic E-state index is 0.113. The summed E-state index contributed by atoms with van der Waals surface area (Å²) in [6.45, 7) is 6.37. The van der Waals surface area contributed by atoms with Crippen LogP contribution in [0.5, 0.6) is 0 Å². The fraction of sp³-hybridized carbons (Fsp3) is 0.681. The summed E-state index contributed by atoms with van der Waals surface area (Å²) in [4.78, 5) is 38.3. The van der Waals surface area contributed by atoms with E-state index in [9.17, 15) is 14.4 Å². The highest BCUT2D eigenvalue weighted by atomic mass is 16.6. The normalized spacial score (nSPS) is 12.9. The lowest BCUT2D eigenvalue weighted by Gasteiger charge is -2.18. The molecule has 0 aromatic carbocycles. The molecule has 0 aromatic heterocycles. The Morgan fingerprint density at radius 1 is 0.269 bits per heavy atom. The molecule has 0 amide bonds. The smallest absolute Gasteiger partial charge is 0.306 e. The second kappa shape index (κ2) is 65.3. The zero-order valence-corrected chi connectivity index (χ0v) is 50.9. The number of allylic oxidation sites excluding steroid dienone is 20. The Balaban J connectivity index is 4.48. The average Bonchev–Trinajstić information content (AvgIpc) is 3.44. The van der Waals surface area contributed by atoms with Gasteiger partial charge in [-0.15, -0.1) is 0 Å². The molecule has 0 N–H and O–H groups in total. The van der Waals surface area contributed by atoms with Crippen LogP contribution in [0.2, 0.25) is 0 Å². The molecule has 0 rings (SSSR count). The van der Waals surface area contributed by atoms with Gasteiger partial charge in [0.25, 0.3) is 0 Å². The van der Waals surface area contributed by atoms with E-state index in [4.69, 9.17) is 14.2 Å². The van der Waals surface area contributed by atoms with Crippen LogP contribution in [0, 0.1) is 0 Å². The zero-order valence-electron chi connectivity index (χ0n) is 50.9. The molecule has 0 aliphatic rings. The zero-order chi connectivity index (χ0) is 56.4. The van der Waals surface area contributed by atoms with Crippen molar-refractivity contribution >= 4 is 17.9 Å². The maximum Gasteiger partial charge on any atom is 0.306 e. The topological polar surface area (TPSA) is 78.9 Å². The van der Waals surface area contributed by atoms with Gasteiger partial charge in [-0.3, -0.25) is 14.4 Å². The minimum Gasteiger partial charge on any atom is -0.462 e. The Hall–Kier alpha value is -4.19. The molecule has 0 heterocycles. The average molecular weight is 1080 g/mol. The van der Waals surface area contributed by atoms with Gasteiger partial charge in [0.15, 0.2) is 6.10 Å². The summed E-state index contributed by atoms with van der Waals surface area (Å²) >= 11 is 0. The van der Waals surface area contributed by atoms with Crippen molar-refractivity contribution in [2.24, 2.45) is 0 Å². The number of esters is 3. The predicted octanol–water partition coefficient (Wildman–Crippen LogP) is 22.4. The minimum atomic E-state index is -0.828. The molecule has 0 aliphatic carbocycles. The van der Waals surface area contributed by atoms with E-state index in [-0.39, 0.29) is 31.6 Å². The van der Waals surface area contributed by atoms with E-state index in [2.05, 4.69) is 136 Å². The molecule has 0 aromatic rings. The van der Waals surface area contributed by atoms with E-state index in [0.29, 0.717) is 19.3 Å². The molecule has 1 unspecified atom stereocenters. The number of carbonyl (C=O) groups excluding carboxylic acids is 3. The van der Waals surface area contributed by atoms with Crippen LogP contribution >= 0.6 is 0 Å². The van der Waals surface area contributed by atoms with Crippen molar-refractivity contribution in [3.8, 4) is 0 Å². The first-order chi connectivity index (χ1) is 38.5. The quantitative estimate of drug-likeness (QED) is 0.0261. The van der Waals surface area contributed by atoms with Crippen LogP contribution in [0.15, 0.2) is 122 Å². The highest BCUT2D eigenvalue weighted by molar-refractivity contribution is 5.71. The molecule has 0 radical (unpaired) electrons. The molecule has 0 fully saturated rings. The second-order valence-electron chi connectivity index (χ2n) is 21.3. The summed E-state index contributed by atoms with van der Waals surface area (Å²) in [5, 5.41) is 0. The van der Waals surface area contributed by atoms with Gasteiger partial charge in [-0.25, -0.2) is 0 Å². The second-order valence-corrected chi connectivity index (χ2v) is 21.3. The summed E-state index contributed by atoms with van der Waals surface area (Å²) < 4.78 is 16.9. The highest BCUT2D eigenvalue weighted by Gasteiger charge is 2.19. The maximum absolute atomic E-state index is 12.9. The molecule has 0 saturated carbocycles. The molecular formula is C72H120O6. The van der Waals surface area contributed by atoms with Crippen LogP contribution in [0.25, 0.3) is 0 Å². The van der Waals surface area contributed by atoms with Crippen LogP contribution in [0.3, 0.4) is 0 Å². The van der Waals surface area contributed by atoms with Crippen LogP contribution < -0.4 is 0 Å². The number of unbranched alkanes of at least 4 members (excludes halogenated alkanes) is 27. The molecule has 6 nitrogen and oxygen atoms in total. The van der Waals surface area contributed by atoms with Crippen LogP contribution in [-0.4, -0.2) is 37.2 Å². The molecule has 444 valence electrons. The first-order valence-corrected chi connectivity index (χ1v) is 32.5. The fourth-order valence-corrected chi connectivity index (χ4v) is 8.93. The van der Waals surface area contributed by atoms with Gasteiger partial charge in [-0.05, 0) is 96.3 Å². The SMILES string of the molecule is CC/C=C\C/C=C\C/C=C\C/C=C\C/C=C\C/C=C\CCC(=O)OC(COC(=O)CCCCCCCC/C=C\C/C=C\C/C=C\C/C=C\CC)COC(=O)CCCCCCCCCCCCCCCCCCCCCCCC. The Morgan fingerprint density at radius 3 is 0.833 bits per heavy atom. The van der Waals surface area contributed by atoms with Gasteiger partial charge >= 0.3 is 17.9 Å². The van der Waals surface area contributed by atoms with E-state index >= 15 is 0 Å². The third kappa shape index (κ3) is 62.7. The lowest BCUT2D eigenvalue weighted by molar-refractivity contribution is -0.166. The van der Waals surface area contributed by atoms with Crippen molar-refractivity contribution in [1.29, 1.82) is 0 Å². The Kier molecular flexibility index (Phi) is 61.8. The van der Waals surface area contributed by atoms with Crippen molar-refractivity contribution in [1.82, 2.24) is 0 Å². The first-order valence-electron chi connectivity index (χ1n) is 32.5. The van der Waals surface area contributed by atoms with Crippen LogP contribution in [0.1, 0.15) is 297 Å². The molecule has 0 bridgehead atoms. The van der Waals surface area contributed by atoms with E-state index < -0.39 is 12.1 Å². The van der Waals surface area contributed by atoms with E-state index in [0.717, 1.165) is 116 Å². The Morgan fingerprint density at radius 2 is 0.526 bits per heavy atom. The number of ether oxygens (including phenoxy) is 3.